The average molecular weight is 274 g/mol. The second-order valence-electron chi connectivity index (χ2n) is 3.88. The van der Waals surface area contributed by atoms with Crippen LogP contribution in [0, 0.1) is 10.1 Å². The summed E-state index contributed by atoms with van der Waals surface area (Å²) in [6, 6.07) is 4.72. The molecule has 0 aliphatic rings. The van der Waals surface area contributed by atoms with Crippen LogP contribution >= 0.6 is 0 Å². The summed E-state index contributed by atoms with van der Waals surface area (Å²) in [6.45, 7) is 1.24. The Labute approximate surface area is 105 Å². The van der Waals surface area contributed by atoms with Gasteiger partial charge in [-0.2, -0.15) is 0 Å². The van der Waals surface area contributed by atoms with Gasteiger partial charge in [-0.05, 0) is 12.5 Å². The van der Waals surface area contributed by atoms with Crippen molar-refractivity contribution in [3.8, 4) is 0 Å². The highest BCUT2D eigenvalue weighted by atomic mass is 32.2. The minimum absolute atomic E-state index is 0.0900. The van der Waals surface area contributed by atoms with Gasteiger partial charge < -0.3 is 5.11 Å². The Morgan fingerprint density at radius 3 is 2.39 bits per heavy atom. The van der Waals surface area contributed by atoms with Gasteiger partial charge in [0.1, 0.15) is 0 Å². The van der Waals surface area contributed by atoms with E-state index in [0.717, 1.165) is 0 Å². The molecule has 1 unspecified atom stereocenters. The molecule has 0 spiro atoms. The number of nitrogens with one attached hydrogen (secondary N) is 1. The van der Waals surface area contributed by atoms with Crippen molar-refractivity contribution in [2.24, 2.45) is 0 Å². The Hall–Kier alpha value is -1.51. The number of hydrogen-bond donors (Lipinski definition) is 2. The number of nitro benzene ring substituents is 1. The van der Waals surface area contributed by atoms with Gasteiger partial charge in [-0.25, -0.2) is 13.1 Å². The molecule has 0 fully saturated rings. The summed E-state index contributed by atoms with van der Waals surface area (Å²) in [5.74, 6) is -0.282. The van der Waals surface area contributed by atoms with E-state index in [1.54, 1.807) is 0 Å². The van der Waals surface area contributed by atoms with Gasteiger partial charge in [-0.15, -0.1) is 0 Å². The number of hydrogen-bond acceptors (Lipinski definition) is 5. The van der Waals surface area contributed by atoms with Gasteiger partial charge in [-0.1, -0.05) is 12.1 Å². The molecule has 0 amide bonds. The predicted octanol–water partition coefficient (Wildman–Crippen LogP) is 0.395. The maximum Gasteiger partial charge on any atom is 0.269 e. The van der Waals surface area contributed by atoms with Gasteiger partial charge in [-0.3, -0.25) is 10.1 Å². The molecule has 1 aromatic rings. The average Bonchev–Trinajstić information content (AvgIpc) is 2.28. The topological polar surface area (TPSA) is 110 Å². The van der Waals surface area contributed by atoms with Crippen LogP contribution in [0.4, 0.5) is 5.69 Å². The largest absolute Gasteiger partial charge is 0.395 e. The van der Waals surface area contributed by atoms with Crippen LogP contribution in [0.3, 0.4) is 0 Å². The number of sulfonamides is 1. The maximum atomic E-state index is 11.6. The number of non-ortho nitro benzene ring substituents is 1. The Kier molecular flexibility index (Phi) is 4.76. The number of benzene rings is 1. The van der Waals surface area contributed by atoms with E-state index in [-0.39, 0.29) is 18.0 Å². The van der Waals surface area contributed by atoms with Crippen LogP contribution in [0.1, 0.15) is 12.5 Å². The van der Waals surface area contributed by atoms with Crippen molar-refractivity contribution in [2.45, 2.75) is 18.7 Å². The molecule has 1 rings (SSSR count). The first-order chi connectivity index (χ1) is 8.34. The molecule has 0 aliphatic heterocycles. The zero-order chi connectivity index (χ0) is 13.8. The van der Waals surface area contributed by atoms with Crippen LogP contribution < -0.4 is 4.72 Å². The lowest BCUT2D eigenvalue weighted by Gasteiger charge is -2.11. The van der Waals surface area contributed by atoms with Crippen LogP contribution in [0.15, 0.2) is 24.3 Å². The van der Waals surface area contributed by atoms with Crippen LogP contribution in [0.2, 0.25) is 0 Å². The zero-order valence-electron chi connectivity index (χ0n) is 9.74. The fraction of sp³-hybridized carbons (Fsp3) is 0.400. The summed E-state index contributed by atoms with van der Waals surface area (Å²) in [5, 5.41) is 19.2. The van der Waals surface area contributed by atoms with E-state index in [1.165, 1.54) is 31.2 Å². The normalized spacial score (nSPS) is 13.2. The minimum atomic E-state index is -3.56. The van der Waals surface area contributed by atoms with E-state index in [4.69, 9.17) is 5.11 Å². The van der Waals surface area contributed by atoms with Gasteiger partial charge in [0.05, 0.1) is 17.3 Å². The molecular formula is C10H14N2O5S. The van der Waals surface area contributed by atoms with Crippen molar-refractivity contribution < 1.29 is 18.4 Å². The molecule has 0 aliphatic carbocycles. The molecule has 0 heterocycles. The summed E-state index contributed by atoms with van der Waals surface area (Å²) in [4.78, 5) is 9.88. The lowest BCUT2D eigenvalue weighted by molar-refractivity contribution is -0.384. The van der Waals surface area contributed by atoms with Gasteiger partial charge in [0, 0.05) is 18.2 Å². The Morgan fingerprint density at radius 2 is 1.94 bits per heavy atom. The van der Waals surface area contributed by atoms with Crippen LogP contribution in [-0.4, -0.2) is 31.1 Å². The summed E-state index contributed by atoms with van der Waals surface area (Å²) in [5.41, 5.74) is 0.353. The predicted molar refractivity (Wildman–Crippen MR) is 65.4 cm³/mol. The molecule has 8 heteroatoms. The van der Waals surface area contributed by atoms with Crippen LogP contribution in [-0.2, 0) is 15.8 Å². The fourth-order valence-electron chi connectivity index (χ4n) is 1.32. The third-order valence-electron chi connectivity index (χ3n) is 2.16. The Morgan fingerprint density at radius 1 is 1.39 bits per heavy atom. The van der Waals surface area contributed by atoms with E-state index in [1.807, 2.05) is 0 Å². The van der Waals surface area contributed by atoms with Gasteiger partial charge >= 0.3 is 0 Å². The maximum absolute atomic E-state index is 11.6. The highest BCUT2D eigenvalue weighted by Crippen LogP contribution is 2.13. The molecule has 2 N–H and O–H groups in total. The molecule has 100 valence electrons. The lowest BCUT2D eigenvalue weighted by atomic mass is 10.2. The first-order valence-corrected chi connectivity index (χ1v) is 6.83. The minimum Gasteiger partial charge on any atom is -0.395 e. The number of rotatable bonds is 6. The van der Waals surface area contributed by atoms with Gasteiger partial charge in [0.25, 0.3) is 5.69 Å². The van der Waals surface area contributed by atoms with Crippen molar-refractivity contribution in [1.82, 2.24) is 4.72 Å². The van der Waals surface area contributed by atoms with Crippen molar-refractivity contribution in [2.75, 3.05) is 6.61 Å². The molecule has 0 bridgehead atoms. The number of nitrogens with zero attached hydrogens (tertiary/aromatic N) is 1. The Balaban J connectivity index is 2.75. The Bertz CT molecular complexity index is 512. The van der Waals surface area contributed by atoms with E-state index in [9.17, 15) is 18.5 Å². The number of aliphatic hydroxyl groups excluding tert-OH is 1. The summed E-state index contributed by atoms with van der Waals surface area (Å²) in [6.07, 6.45) is 0. The van der Waals surface area contributed by atoms with E-state index in [2.05, 4.69) is 4.72 Å². The van der Waals surface area contributed by atoms with Crippen molar-refractivity contribution in [1.29, 1.82) is 0 Å². The SMILES string of the molecule is CC(CO)NS(=O)(=O)Cc1ccc([N+](=O)[O-])cc1. The fourth-order valence-corrected chi connectivity index (χ4v) is 2.72. The molecule has 18 heavy (non-hydrogen) atoms. The van der Waals surface area contributed by atoms with E-state index in [0.29, 0.717) is 5.56 Å². The first-order valence-electron chi connectivity index (χ1n) is 5.18. The van der Waals surface area contributed by atoms with E-state index >= 15 is 0 Å². The summed E-state index contributed by atoms with van der Waals surface area (Å²) >= 11 is 0. The third-order valence-corrected chi connectivity index (χ3v) is 3.63. The molecule has 0 radical (unpaired) electrons. The van der Waals surface area contributed by atoms with Crippen molar-refractivity contribution in [3.05, 3.63) is 39.9 Å². The highest BCUT2D eigenvalue weighted by molar-refractivity contribution is 7.88. The molecule has 0 aromatic heterocycles. The number of nitro groups is 1. The summed E-state index contributed by atoms with van der Waals surface area (Å²) in [7, 11) is -3.56. The van der Waals surface area contributed by atoms with E-state index < -0.39 is 21.0 Å². The van der Waals surface area contributed by atoms with Crippen molar-refractivity contribution >= 4 is 15.7 Å². The van der Waals surface area contributed by atoms with Crippen LogP contribution in [0.25, 0.3) is 0 Å². The highest BCUT2D eigenvalue weighted by Gasteiger charge is 2.15. The van der Waals surface area contributed by atoms with Crippen molar-refractivity contribution in [3.63, 3.8) is 0 Å². The first kappa shape index (κ1) is 14.6. The van der Waals surface area contributed by atoms with Gasteiger partial charge in [0.2, 0.25) is 10.0 Å². The smallest absolute Gasteiger partial charge is 0.269 e. The van der Waals surface area contributed by atoms with Crippen LogP contribution in [0.5, 0.6) is 0 Å². The molecule has 7 nitrogen and oxygen atoms in total. The zero-order valence-corrected chi connectivity index (χ0v) is 10.6. The number of aliphatic hydroxyl groups is 1. The molecule has 0 saturated carbocycles. The molecular weight excluding hydrogens is 260 g/mol. The molecule has 1 aromatic carbocycles. The second-order valence-corrected chi connectivity index (χ2v) is 5.64. The molecule has 0 saturated heterocycles. The third kappa shape index (κ3) is 4.40. The second kappa shape index (κ2) is 5.89. The lowest BCUT2D eigenvalue weighted by Crippen LogP contribution is -2.35. The monoisotopic (exact) mass is 274 g/mol. The van der Waals surface area contributed by atoms with Gasteiger partial charge in [0.15, 0.2) is 0 Å². The summed E-state index contributed by atoms with van der Waals surface area (Å²) < 4.78 is 25.5. The standard InChI is InChI=1S/C10H14N2O5S/c1-8(6-13)11-18(16,17)7-9-2-4-10(5-3-9)12(14)15/h2-5,8,11,13H,6-7H2,1H3. The molecule has 1 atom stereocenters. The quantitative estimate of drug-likeness (QED) is 0.576.